The highest BCUT2D eigenvalue weighted by Crippen LogP contribution is 2.38. The number of pyridine rings is 1. The molecule has 0 spiro atoms. The molecule has 2 atom stereocenters. The number of aryl methyl sites for hydroxylation is 1. The maximum absolute atomic E-state index is 15.1. The molecule has 1 N–H and O–H groups in total. The molecule has 6 nitrogen and oxygen atoms in total. The zero-order valence-corrected chi connectivity index (χ0v) is 19.8. The number of carbonyl (C=O) groups is 1. The molecule has 1 aromatic heterocycles. The topological polar surface area (TPSA) is 57.6 Å². The van der Waals surface area contributed by atoms with Crippen LogP contribution in [-0.4, -0.2) is 47.6 Å². The molecule has 1 aliphatic heterocycles. The molecule has 12 heteroatoms. The van der Waals surface area contributed by atoms with Crippen LogP contribution in [0.15, 0.2) is 27.6 Å². The lowest BCUT2D eigenvalue weighted by atomic mass is 10.1. The first-order chi connectivity index (χ1) is 15.2. The lowest BCUT2D eigenvalue weighted by Gasteiger charge is -2.44. The van der Waals surface area contributed by atoms with E-state index in [1.165, 1.54) is 7.05 Å². The minimum Gasteiger partial charge on any atom is -0.367 e. The number of likely N-dealkylation sites (N-methyl/N-ethyl adjacent to an activating group) is 1. The normalized spacial score (nSPS) is 19.6. The fraction of sp³-hybridized carbons (Fsp3) is 0.429. The van der Waals surface area contributed by atoms with Gasteiger partial charge in [0.05, 0.1) is 21.3 Å². The number of hydrogen-bond donors (Lipinski definition) is 1. The number of nitrogens with zero attached hydrogens (tertiary/aromatic N) is 3. The Kier molecular flexibility index (Phi) is 6.90. The van der Waals surface area contributed by atoms with Crippen molar-refractivity contribution in [1.82, 2.24) is 9.47 Å². The van der Waals surface area contributed by atoms with Crippen molar-refractivity contribution in [3.05, 3.63) is 55.9 Å². The predicted molar refractivity (Wildman–Crippen MR) is 118 cm³/mol. The Labute approximate surface area is 195 Å². The zero-order chi connectivity index (χ0) is 24.8. The molecule has 2 aromatic rings. The number of halogens is 6. The number of amides is 1. The van der Waals surface area contributed by atoms with Gasteiger partial charge in [0, 0.05) is 50.6 Å². The van der Waals surface area contributed by atoms with E-state index in [0.717, 1.165) is 16.8 Å². The van der Waals surface area contributed by atoms with E-state index >= 15 is 4.39 Å². The number of alkyl halides is 3. The molecule has 180 valence electrons. The molecule has 3 rings (SSSR count). The van der Waals surface area contributed by atoms with E-state index < -0.39 is 50.6 Å². The molecule has 1 aliphatic rings. The Hall–Kier alpha value is -2.47. The lowest BCUT2D eigenvalue weighted by molar-refractivity contribution is -0.138. The van der Waals surface area contributed by atoms with Gasteiger partial charge in [0.2, 0.25) is 0 Å². The largest absolute Gasteiger partial charge is 0.417 e. The maximum Gasteiger partial charge on any atom is 0.417 e. The summed E-state index contributed by atoms with van der Waals surface area (Å²) in [6.45, 7) is 4.59. The summed E-state index contributed by atoms with van der Waals surface area (Å²) in [6.07, 6.45) is -4.26. The van der Waals surface area contributed by atoms with Crippen LogP contribution < -0.4 is 15.8 Å². The summed E-state index contributed by atoms with van der Waals surface area (Å²) in [4.78, 5) is 28.4. The molecule has 1 fully saturated rings. The fourth-order valence-corrected chi connectivity index (χ4v) is 4.09. The Morgan fingerprint density at radius 2 is 1.70 bits per heavy atom. The Morgan fingerprint density at radius 3 is 2.24 bits per heavy atom. The van der Waals surface area contributed by atoms with Crippen molar-refractivity contribution < 1.29 is 26.7 Å². The number of nitrogens with one attached hydrogen (secondary N) is 1. The molecule has 0 bridgehead atoms. The summed E-state index contributed by atoms with van der Waals surface area (Å²) < 4.78 is 70.2. The SMILES string of the molecule is C[C@@H]1CN(c2cc(F)c(Br)c(F)c2NC(=O)c2cn(C)c(=O)cc2C(F)(F)F)C[C@H](C)N1C. The number of anilines is 2. The van der Waals surface area contributed by atoms with Crippen molar-refractivity contribution in [1.29, 1.82) is 0 Å². The first-order valence-corrected chi connectivity index (χ1v) is 10.7. The number of carbonyl (C=O) groups excluding carboxylic acids is 1. The quantitative estimate of drug-likeness (QED) is 0.471. The van der Waals surface area contributed by atoms with Crippen LogP contribution in [0.25, 0.3) is 0 Å². The minimum absolute atomic E-state index is 0.00623. The molecule has 2 heterocycles. The van der Waals surface area contributed by atoms with Gasteiger partial charge in [-0.3, -0.25) is 14.5 Å². The fourth-order valence-electron chi connectivity index (χ4n) is 3.78. The molecule has 0 saturated carbocycles. The van der Waals surface area contributed by atoms with E-state index in [1.807, 2.05) is 20.9 Å². The number of piperazine rings is 1. The third-order valence-electron chi connectivity index (χ3n) is 5.86. The van der Waals surface area contributed by atoms with Gasteiger partial charge in [-0.15, -0.1) is 0 Å². The maximum atomic E-state index is 15.1. The average molecular weight is 537 g/mol. The lowest BCUT2D eigenvalue weighted by Crippen LogP contribution is -2.55. The van der Waals surface area contributed by atoms with Crippen LogP contribution in [0.1, 0.15) is 29.8 Å². The van der Waals surface area contributed by atoms with Gasteiger partial charge in [-0.1, -0.05) is 0 Å². The van der Waals surface area contributed by atoms with E-state index in [2.05, 4.69) is 26.1 Å². The Balaban J connectivity index is 2.10. The van der Waals surface area contributed by atoms with Gasteiger partial charge < -0.3 is 14.8 Å². The van der Waals surface area contributed by atoms with Crippen molar-refractivity contribution >= 4 is 33.2 Å². The van der Waals surface area contributed by atoms with E-state index in [-0.39, 0.29) is 17.8 Å². The molecule has 1 amide bonds. The smallest absolute Gasteiger partial charge is 0.367 e. The van der Waals surface area contributed by atoms with Crippen molar-refractivity contribution in [3.63, 3.8) is 0 Å². The summed E-state index contributed by atoms with van der Waals surface area (Å²) in [5.41, 5.74) is -3.73. The molecular formula is C21H22BrF5N4O2. The van der Waals surface area contributed by atoms with Crippen molar-refractivity contribution in [2.24, 2.45) is 7.05 Å². The van der Waals surface area contributed by atoms with Crippen molar-refractivity contribution in [2.45, 2.75) is 32.1 Å². The summed E-state index contributed by atoms with van der Waals surface area (Å²) in [7, 11) is 3.10. The second-order valence-corrected chi connectivity index (χ2v) is 8.94. The number of hydrogen-bond acceptors (Lipinski definition) is 4. The van der Waals surface area contributed by atoms with Gasteiger partial charge in [-0.05, 0) is 36.8 Å². The van der Waals surface area contributed by atoms with Crippen molar-refractivity contribution in [3.8, 4) is 0 Å². The minimum atomic E-state index is -4.99. The second-order valence-electron chi connectivity index (χ2n) is 8.15. The molecule has 0 radical (unpaired) electrons. The summed E-state index contributed by atoms with van der Waals surface area (Å²) >= 11 is 2.78. The highest BCUT2D eigenvalue weighted by atomic mass is 79.9. The Bertz CT molecular complexity index is 1140. The molecule has 33 heavy (non-hydrogen) atoms. The van der Waals surface area contributed by atoms with Crippen LogP contribution in [0.2, 0.25) is 0 Å². The zero-order valence-electron chi connectivity index (χ0n) is 18.2. The van der Waals surface area contributed by atoms with Gasteiger partial charge in [-0.25, -0.2) is 8.78 Å². The molecule has 0 aliphatic carbocycles. The highest BCUT2D eigenvalue weighted by Gasteiger charge is 2.37. The van der Waals surface area contributed by atoms with Crippen LogP contribution in [0.4, 0.5) is 33.3 Å². The van der Waals surface area contributed by atoms with E-state index in [0.29, 0.717) is 19.2 Å². The number of aromatic nitrogens is 1. The standard InChI is InChI=1S/C21H22BrF5N4O2/c1-10-7-31(8-11(2)30(10)4)15-6-14(23)17(22)18(24)19(15)28-20(33)12-9-29(3)16(32)5-13(12)21(25,26)27/h5-6,9-11H,7-8H2,1-4H3,(H,28,33)/t10-,11+. The molecule has 0 unspecified atom stereocenters. The molecular weight excluding hydrogens is 515 g/mol. The van der Waals surface area contributed by atoms with Crippen LogP contribution in [-0.2, 0) is 13.2 Å². The van der Waals surface area contributed by atoms with Crippen LogP contribution in [0.5, 0.6) is 0 Å². The number of rotatable bonds is 3. The molecule has 1 saturated heterocycles. The van der Waals surface area contributed by atoms with E-state index in [1.54, 1.807) is 4.90 Å². The third kappa shape index (κ3) is 4.91. The van der Waals surface area contributed by atoms with Gasteiger partial charge >= 0.3 is 6.18 Å². The first kappa shape index (κ1) is 25.2. The first-order valence-electron chi connectivity index (χ1n) is 9.96. The summed E-state index contributed by atoms with van der Waals surface area (Å²) in [5.74, 6) is -3.36. The average Bonchev–Trinajstić information content (AvgIpc) is 2.72. The number of benzene rings is 1. The van der Waals surface area contributed by atoms with E-state index in [9.17, 15) is 27.2 Å². The van der Waals surface area contributed by atoms with Gasteiger partial charge in [-0.2, -0.15) is 13.2 Å². The van der Waals surface area contributed by atoms with Crippen molar-refractivity contribution in [2.75, 3.05) is 30.4 Å². The third-order valence-corrected chi connectivity index (χ3v) is 6.59. The second kappa shape index (κ2) is 9.05. The van der Waals surface area contributed by atoms with Gasteiger partial charge in [0.1, 0.15) is 11.5 Å². The van der Waals surface area contributed by atoms with Crippen LogP contribution in [0.3, 0.4) is 0 Å². The van der Waals surface area contributed by atoms with Gasteiger partial charge in [0.25, 0.3) is 11.5 Å². The van der Waals surface area contributed by atoms with Crippen LogP contribution >= 0.6 is 15.9 Å². The van der Waals surface area contributed by atoms with E-state index in [4.69, 9.17) is 0 Å². The Morgan fingerprint density at radius 1 is 1.12 bits per heavy atom. The predicted octanol–water partition coefficient (Wildman–Crippen LogP) is 4.23. The monoisotopic (exact) mass is 536 g/mol. The highest BCUT2D eigenvalue weighted by molar-refractivity contribution is 9.10. The summed E-state index contributed by atoms with van der Waals surface area (Å²) in [6, 6.07) is 1.34. The van der Waals surface area contributed by atoms with Gasteiger partial charge in [0.15, 0.2) is 5.82 Å². The summed E-state index contributed by atoms with van der Waals surface area (Å²) in [5, 5.41) is 2.18. The molecule has 1 aromatic carbocycles. The van der Waals surface area contributed by atoms with Crippen LogP contribution in [0, 0.1) is 11.6 Å².